The van der Waals surface area contributed by atoms with Crippen LogP contribution >= 0.6 is 0 Å². The average molecular weight is 229 g/mol. The predicted octanol–water partition coefficient (Wildman–Crippen LogP) is 1.34. The van der Waals surface area contributed by atoms with Crippen molar-refractivity contribution in [2.24, 2.45) is 5.92 Å². The van der Waals surface area contributed by atoms with Crippen LogP contribution < -0.4 is 5.32 Å². The summed E-state index contributed by atoms with van der Waals surface area (Å²) < 4.78 is 10.4. The van der Waals surface area contributed by atoms with Crippen molar-refractivity contribution in [2.45, 2.75) is 39.2 Å². The quantitative estimate of drug-likeness (QED) is 0.529. The first-order valence-electron chi connectivity index (χ1n) is 6.16. The van der Waals surface area contributed by atoms with Crippen molar-refractivity contribution in [3.8, 4) is 0 Å². The van der Waals surface area contributed by atoms with E-state index in [1.807, 2.05) is 13.8 Å². The molecule has 4 nitrogen and oxygen atoms in total. The molecule has 0 bridgehead atoms. The number of ether oxygens (including phenoxy) is 2. The molecule has 0 aromatic rings. The normalized spacial score (nSPS) is 20.3. The molecule has 1 unspecified atom stereocenters. The van der Waals surface area contributed by atoms with Crippen molar-refractivity contribution in [1.29, 1.82) is 0 Å². The van der Waals surface area contributed by atoms with Gasteiger partial charge in [-0.05, 0) is 45.7 Å². The number of esters is 1. The second kappa shape index (κ2) is 7.63. The Morgan fingerprint density at radius 3 is 2.88 bits per heavy atom. The monoisotopic (exact) mass is 229 g/mol. The van der Waals surface area contributed by atoms with Gasteiger partial charge in [0.25, 0.3) is 0 Å². The van der Waals surface area contributed by atoms with Gasteiger partial charge in [0.05, 0.1) is 12.7 Å². The fraction of sp³-hybridized carbons (Fsp3) is 0.917. The highest BCUT2D eigenvalue weighted by Crippen LogP contribution is 2.14. The molecule has 0 spiro atoms. The zero-order valence-corrected chi connectivity index (χ0v) is 10.3. The van der Waals surface area contributed by atoms with Gasteiger partial charge < -0.3 is 14.8 Å². The van der Waals surface area contributed by atoms with E-state index in [1.165, 1.54) is 6.42 Å². The van der Waals surface area contributed by atoms with E-state index in [2.05, 4.69) is 5.32 Å². The van der Waals surface area contributed by atoms with Gasteiger partial charge in [0.1, 0.15) is 6.61 Å². The third-order valence-electron chi connectivity index (χ3n) is 2.72. The van der Waals surface area contributed by atoms with E-state index < -0.39 is 0 Å². The van der Waals surface area contributed by atoms with Crippen LogP contribution in [0.3, 0.4) is 0 Å². The van der Waals surface area contributed by atoms with E-state index in [-0.39, 0.29) is 12.1 Å². The number of hydrogen-bond donors (Lipinski definition) is 1. The van der Waals surface area contributed by atoms with Crippen molar-refractivity contribution in [1.82, 2.24) is 5.32 Å². The predicted molar refractivity (Wildman–Crippen MR) is 62.3 cm³/mol. The van der Waals surface area contributed by atoms with Crippen LogP contribution in [0.25, 0.3) is 0 Å². The molecule has 0 aromatic carbocycles. The topological polar surface area (TPSA) is 47.6 Å². The van der Waals surface area contributed by atoms with Gasteiger partial charge in [-0.3, -0.25) is 4.79 Å². The van der Waals surface area contributed by atoms with E-state index in [0.29, 0.717) is 25.6 Å². The fourth-order valence-electron chi connectivity index (χ4n) is 1.79. The number of rotatable bonds is 7. The van der Waals surface area contributed by atoms with Crippen molar-refractivity contribution in [3.05, 3.63) is 0 Å². The lowest BCUT2D eigenvalue weighted by Gasteiger charge is -2.09. The summed E-state index contributed by atoms with van der Waals surface area (Å²) in [5.41, 5.74) is 0. The molecule has 0 amide bonds. The minimum Gasteiger partial charge on any atom is -0.463 e. The maximum Gasteiger partial charge on any atom is 0.305 e. The van der Waals surface area contributed by atoms with Crippen LogP contribution in [0.4, 0.5) is 0 Å². The summed E-state index contributed by atoms with van der Waals surface area (Å²) in [5.74, 6) is 0.554. The zero-order valence-electron chi connectivity index (χ0n) is 10.3. The maximum absolute atomic E-state index is 11.3. The molecular formula is C12H23NO3. The molecule has 16 heavy (non-hydrogen) atoms. The highest BCUT2D eigenvalue weighted by molar-refractivity contribution is 5.69. The lowest BCUT2D eigenvalue weighted by Crippen LogP contribution is -2.15. The summed E-state index contributed by atoms with van der Waals surface area (Å²) in [5, 5.41) is 3.29. The molecule has 1 heterocycles. The molecule has 0 saturated carbocycles. The third-order valence-corrected chi connectivity index (χ3v) is 2.72. The SMILES string of the molecule is CC(C)OCCOC(=O)CCC1CCNC1. The highest BCUT2D eigenvalue weighted by Gasteiger charge is 2.15. The Kier molecular flexibility index (Phi) is 6.42. The Morgan fingerprint density at radius 2 is 2.25 bits per heavy atom. The van der Waals surface area contributed by atoms with Crippen molar-refractivity contribution in [3.63, 3.8) is 0 Å². The lowest BCUT2D eigenvalue weighted by atomic mass is 10.0. The second-order valence-electron chi connectivity index (χ2n) is 4.54. The van der Waals surface area contributed by atoms with E-state index in [4.69, 9.17) is 9.47 Å². The van der Waals surface area contributed by atoms with Crippen molar-refractivity contribution >= 4 is 5.97 Å². The first-order chi connectivity index (χ1) is 7.68. The minimum absolute atomic E-state index is 0.0979. The van der Waals surface area contributed by atoms with Crippen LogP contribution in [0.2, 0.25) is 0 Å². The molecule has 1 aliphatic rings. The molecule has 1 rings (SSSR count). The lowest BCUT2D eigenvalue weighted by molar-refractivity contribution is -0.146. The van der Waals surface area contributed by atoms with Crippen LogP contribution in [-0.2, 0) is 14.3 Å². The molecular weight excluding hydrogens is 206 g/mol. The van der Waals surface area contributed by atoms with E-state index in [9.17, 15) is 4.79 Å². The molecule has 1 fully saturated rings. The van der Waals surface area contributed by atoms with E-state index in [0.717, 1.165) is 19.5 Å². The van der Waals surface area contributed by atoms with Gasteiger partial charge >= 0.3 is 5.97 Å². The summed E-state index contributed by atoms with van der Waals surface area (Å²) in [4.78, 5) is 11.3. The van der Waals surface area contributed by atoms with E-state index in [1.54, 1.807) is 0 Å². The standard InChI is InChI=1S/C12H23NO3/c1-10(2)15-7-8-16-12(14)4-3-11-5-6-13-9-11/h10-11,13H,3-9H2,1-2H3. The van der Waals surface area contributed by atoms with Crippen LogP contribution in [0.5, 0.6) is 0 Å². The number of carbonyl (C=O) groups excluding carboxylic acids is 1. The maximum atomic E-state index is 11.3. The van der Waals surface area contributed by atoms with Crippen molar-refractivity contribution < 1.29 is 14.3 Å². The Bertz CT molecular complexity index is 200. The Labute approximate surface area is 97.7 Å². The summed E-state index contributed by atoms with van der Waals surface area (Å²) in [7, 11) is 0. The highest BCUT2D eigenvalue weighted by atomic mass is 16.6. The van der Waals surface area contributed by atoms with Crippen LogP contribution in [0, 0.1) is 5.92 Å². The van der Waals surface area contributed by atoms with Gasteiger partial charge in [0.2, 0.25) is 0 Å². The Hall–Kier alpha value is -0.610. The molecule has 0 radical (unpaired) electrons. The zero-order chi connectivity index (χ0) is 11.8. The smallest absolute Gasteiger partial charge is 0.305 e. The molecule has 1 N–H and O–H groups in total. The fourth-order valence-corrected chi connectivity index (χ4v) is 1.79. The second-order valence-corrected chi connectivity index (χ2v) is 4.54. The summed E-state index contributed by atoms with van der Waals surface area (Å²) in [6.45, 7) is 6.93. The van der Waals surface area contributed by atoms with Gasteiger partial charge in [-0.25, -0.2) is 0 Å². The summed E-state index contributed by atoms with van der Waals surface area (Å²) >= 11 is 0. The first-order valence-corrected chi connectivity index (χ1v) is 6.16. The van der Waals surface area contributed by atoms with Crippen molar-refractivity contribution in [2.75, 3.05) is 26.3 Å². The largest absolute Gasteiger partial charge is 0.463 e. The van der Waals surface area contributed by atoms with Gasteiger partial charge in [-0.1, -0.05) is 0 Å². The van der Waals surface area contributed by atoms with Gasteiger partial charge in [0.15, 0.2) is 0 Å². The molecule has 0 aliphatic carbocycles. The molecule has 1 saturated heterocycles. The molecule has 94 valence electrons. The van der Waals surface area contributed by atoms with E-state index >= 15 is 0 Å². The first kappa shape index (κ1) is 13.5. The Balaban J connectivity index is 1.94. The Morgan fingerprint density at radius 1 is 1.44 bits per heavy atom. The molecule has 4 heteroatoms. The van der Waals surface area contributed by atoms with Crippen LogP contribution in [0.1, 0.15) is 33.1 Å². The molecule has 1 atom stereocenters. The average Bonchev–Trinajstić information content (AvgIpc) is 2.74. The number of carbonyl (C=O) groups is 1. The van der Waals surface area contributed by atoms with Crippen LogP contribution in [0.15, 0.2) is 0 Å². The summed E-state index contributed by atoms with van der Waals surface area (Å²) in [6, 6.07) is 0. The van der Waals surface area contributed by atoms with Gasteiger partial charge in [-0.2, -0.15) is 0 Å². The van der Waals surface area contributed by atoms with Crippen LogP contribution in [-0.4, -0.2) is 38.4 Å². The molecule has 0 aromatic heterocycles. The van der Waals surface area contributed by atoms with Gasteiger partial charge in [-0.15, -0.1) is 0 Å². The summed E-state index contributed by atoms with van der Waals surface area (Å²) in [6.07, 6.45) is 2.86. The third kappa shape index (κ3) is 6.08. The minimum atomic E-state index is -0.0979. The number of hydrogen-bond acceptors (Lipinski definition) is 4. The molecule has 1 aliphatic heterocycles. The number of nitrogens with one attached hydrogen (secondary N) is 1. The van der Waals surface area contributed by atoms with Gasteiger partial charge in [0, 0.05) is 6.42 Å².